The molecule has 1 fully saturated rings. The number of carboxylic acid groups (broad SMARTS) is 1. The number of benzene rings is 1. The van der Waals surface area contributed by atoms with E-state index >= 15 is 0 Å². The van der Waals surface area contributed by atoms with Crippen molar-refractivity contribution in [3.8, 4) is 0 Å². The molecular formula is C21H22NO7-. The summed E-state index contributed by atoms with van der Waals surface area (Å²) in [6, 6.07) is 4.10. The van der Waals surface area contributed by atoms with E-state index in [-0.39, 0.29) is 41.9 Å². The standard InChI is InChI=1S/C21H23NO7/c1-3-28-20(26)13-8-14(21(27)29-4-2)10-15(9-13)22-18(23)16-11-5-6-12(7-11)17(16)19(24)25/h5-6,8-12,16-17H,3-4,7H2,1-2H3,(H,22,23)(H,24,25)/p-1/t11-,12+,16+,17+/m1/s1. The highest BCUT2D eigenvalue weighted by atomic mass is 16.5. The van der Waals surface area contributed by atoms with Gasteiger partial charge < -0.3 is 24.7 Å². The van der Waals surface area contributed by atoms with Gasteiger partial charge in [0.1, 0.15) is 0 Å². The van der Waals surface area contributed by atoms with Crippen LogP contribution in [-0.4, -0.2) is 37.0 Å². The Hall–Kier alpha value is -3.16. The Kier molecular flexibility index (Phi) is 6.00. The van der Waals surface area contributed by atoms with E-state index in [1.54, 1.807) is 13.8 Å². The smallest absolute Gasteiger partial charge is 0.338 e. The second-order valence-corrected chi connectivity index (χ2v) is 7.05. The maximum Gasteiger partial charge on any atom is 0.338 e. The lowest BCUT2D eigenvalue weighted by atomic mass is 9.82. The van der Waals surface area contributed by atoms with Gasteiger partial charge in [0.05, 0.1) is 30.3 Å². The Bertz CT molecular complexity index is 840. The number of aliphatic carboxylic acids is 1. The fourth-order valence-corrected chi connectivity index (χ4v) is 4.09. The zero-order valence-corrected chi connectivity index (χ0v) is 16.2. The third kappa shape index (κ3) is 4.16. The van der Waals surface area contributed by atoms with E-state index in [1.165, 1.54) is 18.2 Å². The van der Waals surface area contributed by atoms with Crippen molar-refractivity contribution in [1.29, 1.82) is 0 Å². The summed E-state index contributed by atoms with van der Waals surface area (Å²) < 4.78 is 9.94. The van der Waals surface area contributed by atoms with Crippen LogP contribution in [0.15, 0.2) is 30.4 Å². The van der Waals surface area contributed by atoms with Crippen molar-refractivity contribution < 1.29 is 33.8 Å². The Morgan fingerprint density at radius 1 is 0.931 bits per heavy atom. The Morgan fingerprint density at radius 3 is 1.93 bits per heavy atom. The molecule has 1 N–H and O–H groups in total. The van der Waals surface area contributed by atoms with Gasteiger partial charge in [0, 0.05) is 17.6 Å². The molecule has 154 valence electrons. The molecule has 2 bridgehead atoms. The topological polar surface area (TPSA) is 122 Å². The normalized spacial score (nSPS) is 24.2. The molecule has 29 heavy (non-hydrogen) atoms. The lowest BCUT2D eigenvalue weighted by molar-refractivity contribution is -0.313. The molecule has 8 nitrogen and oxygen atoms in total. The van der Waals surface area contributed by atoms with Crippen molar-refractivity contribution in [2.45, 2.75) is 20.3 Å². The molecule has 0 saturated heterocycles. The van der Waals surface area contributed by atoms with Crippen LogP contribution in [0, 0.1) is 23.7 Å². The first kappa shape index (κ1) is 20.6. The lowest BCUT2D eigenvalue weighted by Crippen LogP contribution is -2.42. The summed E-state index contributed by atoms with van der Waals surface area (Å²) in [6.45, 7) is 3.60. The summed E-state index contributed by atoms with van der Waals surface area (Å²) in [5.74, 6) is -5.12. The Morgan fingerprint density at radius 2 is 1.45 bits per heavy atom. The largest absolute Gasteiger partial charge is 0.550 e. The quantitative estimate of drug-likeness (QED) is 0.538. The predicted molar refractivity (Wildman–Crippen MR) is 99.7 cm³/mol. The molecule has 0 aromatic heterocycles. The highest BCUT2D eigenvalue weighted by Crippen LogP contribution is 2.48. The number of carbonyl (C=O) groups is 4. The number of esters is 2. The minimum Gasteiger partial charge on any atom is -0.550 e. The van der Waals surface area contributed by atoms with Crippen molar-refractivity contribution >= 4 is 29.5 Å². The number of rotatable bonds is 7. The number of ether oxygens (including phenoxy) is 2. The van der Waals surface area contributed by atoms with Gasteiger partial charge in [0.25, 0.3) is 0 Å². The Balaban J connectivity index is 1.88. The number of hydrogen-bond acceptors (Lipinski definition) is 7. The summed E-state index contributed by atoms with van der Waals surface area (Å²) in [4.78, 5) is 48.7. The molecule has 0 heterocycles. The number of fused-ring (bicyclic) bond motifs is 2. The third-order valence-electron chi connectivity index (χ3n) is 5.26. The molecule has 2 aliphatic carbocycles. The van der Waals surface area contributed by atoms with Crippen LogP contribution in [0.2, 0.25) is 0 Å². The van der Waals surface area contributed by atoms with E-state index in [9.17, 15) is 24.3 Å². The van der Waals surface area contributed by atoms with Gasteiger partial charge in [-0.1, -0.05) is 12.2 Å². The highest BCUT2D eigenvalue weighted by Gasteiger charge is 2.48. The number of carbonyl (C=O) groups excluding carboxylic acids is 4. The molecule has 3 rings (SSSR count). The molecule has 0 radical (unpaired) electrons. The average molecular weight is 400 g/mol. The van der Waals surface area contributed by atoms with Gasteiger partial charge in [-0.15, -0.1) is 0 Å². The van der Waals surface area contributed by atoms with Crippen LogP contribution in [0.4, 0.5) is 5.69 Å². The first-order chi connectivity index (χ1) is 13.8. The fourth-order valence-electron chi connectivity index (χ4n) is 4.09. The Labute approximate surface area is 167 Å². The summed E-state index contributed by atoms with van der Waals surface area (Å²) in [6.07, 6.45) is 4.26. The van der Waals surface area contributed by atoms with E-state index in [0.29, 0.717) is 6.42 Å². The molecule has 1 saturated carbocycles. The highest BCUT2D eigenvalue weighted by molar-refractivity contribution is 6.01. The summed E-state index contributed by atoms with van der Waals surface area (Å²) in [7, 11) is 0. The van der Waals surface area contributed by atoms with E-state index in [0.717, 1.165) is 0 Å². The van der Waals surface area contributed by atoms with Crippen LogP contribution in [0.1, 0.15) is 41.0 Å². The van der Waals surface area contributed by atoms with Crippen LogP contribution in [0.25, 0.3) is 0 Å². The van der Waals surface area contributed by atoms with Gasteiger partial charge in [-0.3, -0.25) is 4.79 Å². The summed E-state index contributed by atoms with van der Waals surface area (Å²) in [5.41, 5.74) is 0.349. The first-order valence-corrected chi connectivity index (χ1v) is 9.55. The minimum atomic E-state index is -1.26. The van der Waals surface area contributed by atoms with Crippen molar-refractivity contribution in [1.82, 2.24) is 0 Å². The van der Waals surface area contributed by atoms with Crippen molar-refractivity contribution in [2.24, 2.45) is 23.7 Å². The SMILES string of the molecule is CCOC(=O)c1cc(NC(=O)[C@@H]2[C@@H](C(=O)[O-])[C@H]3C=C[C@@H]2C3)cc(C(=O)OCC)c1. The van der Waals surface area contributed by atoms with E-state index in [4.69, 9.17) is 9.47 Å². The molecule has 4 atom stereocenters. The maximum atomic E-state index is 12.9. The molecule has 0 spiro atoms. The number of anilines is 1. The summed E-state index contributed by atoms with van der Waals surface area (Å²) in [5, 5.41) is 14.2. The molecule has 0 aliphatic heterocycles. The lowest BCUT2D eigenvalue weighted by Gasteiger charge is -2.27. The van der Waals surface area contributed by atoms with Gasteiger partial charge in [0.2, 0.25) is 5.91 Å². The van der Waals surface area contributed by atoms with E-state index in [2.05, 4.69) is 5.32 Å². The minimum absolute atomic E-state index is 0.0805. The van der Waals surface area contributed by atoms with Gasteiger partial charge in [0.15, 0.2) is 0 Å². The zero-order valence-electron chi connectivity index (χ0n) is 16.2. The molecule has 2 aliphatic rings. The predicted octanol–water partition coefficient (Wildman–Crippen LogP) is 1.17. The van der Waals surface area contributed by atoms with Gasteiger partial charge in [-0.05, 0) is 50.3 Å². The van der Waals surface area contributed by atoms with Crippen molar-refractivity contribution in [2.75, 3.05) is 18.5 Å². The van der Waals surface area contributed by atoms with E-state index < -0.39 is 35.7 Å². The molecule has 0 unspecified atom stereocenters. The number of amides is 1. The van der Waals surface area contributed by atoms with Crippen LogP contribution in [0.3, 0.4) is 0 Å². The van der Waals surface area contributed by atoms with Crippen molar-refractivity contribution in [3.63, 3.8) is 0 Å². The second-order valence-electron chi connectivity index (χ2n) is 7.05. The van der Waals surface area contributed by atoms with Gasteiger partial charge >= 0.3 is 11.9 Å². The number of carboxylic acids is 1. The van der Waals surface area contributed by atoms with Crippen molar-refractivity contribution in [3.05, 3.63) is 41.5 Å². The average Bonchev–Trinajstić information content (AvgIpc) is 3.29. The molecule has 1 aromatic carbocycles. The number of allylic oxidation sites excluding steroid dienone is 2. The monoisotopic (exact) mass is 400 g/mol. The maximum absolute atomic E-state index is 12.9. The first-order valence-electron chi connectivity index (χ1n) is 9.55. The van der Waals surface area contributed by atoms with E-state index in [1.807, 2.05) is 12.2 Å². The molecule has 1 aromatic rings. The van der Waals surface area contributed by atoms with Crippen LogP contribution in [-0.2, 0) is 19.1 Å². The van der Waals surface area contributed by atoms with Gasteiger partial charge in [-0.25, -0.2) is 9.59 Å². The summed E-state index contributed by atoms with van der Waals surface area (Å²) >= 11 is 0. The number of nitrogens with one attached hydrogen (secondary N) is 1. The fraction of sp³-hybridized carbons (Fsp3) is 0.429. The second kappa shape index (κ2) is 8.46. The van der Waals surface area contributed by atoms with Crippen LogP contribution in [0.5, 0.6) is 0 Å². The third-order valence-corrected chi connectivity index (χ3v) is 5.26. The molecule has 8 heteroatoms. The number of hydrogen-bond donors (Lipinski definition) is 1. The molecule has 1 amide bonds. The van der Waals surface area contributed by atoms with Gasteiger partial charge in [-0.2, -0.15) is 0 Å². The van der Waals surface area contributed by atoms with Crippen LogP contribution >= 0.6 is 0 Å². The zero-order chi connectivity index (χ0) is 21.1. The van der Waals surface area contributed by atoms with Crippen LogP contribution < -0.4 is 10.4 Å². The molecular weight excluding hydrogens is 378 g/mol.